The molecule has 110 valence electrons. The average molecular weight is 304 g/mol. The second-order valence-corrected chi connectivity index (χ2v) is 5.64. The number of ether oxygens (including phenoxy) is 1. The zero-order valence-corrected chi connectivity index (χ0v) is 12.5. The third kappa shape index (κ3) is 2.97. The first-order valence-electron chi connectivity index (χ1n) is 6.73. The molecule has 0 atom stereocenters. The Balaban J connectivity index is 1.60. The van der Waals surface area contributed by atoms with E-state index in [2.05, 4.69) is 15.1 Å². The number of hydrogen-bond acceptors (Lipinski definition) is 6. The maximum absolute atomic E-state index is 12.3. The van der Waals surface area contributed by atoms with Crippen LogP contribution in [0.15, 0.2) is 29.6 Å². The standard InChI is InChI=1S/C14H16N4O2S/c1-20-13-5-4-12(15-16-13)17-6-8-18(9-7-17)14(19)11-3-2-10-21-11/h2-5,10H,6-9H2,1H3. The average Bonchev–Trinajstić information content (AvgIpc) is 3.09. The molecule has 1 amide bonds. The number of methoxy groups -OCH3 is 1. The molecule has 1 aliphatic rings. The van der Waals surface area contributed by atoms with Crippen molar-refractivity contribution in [3.05, 3.63) is 34.5 Å². The van der Waals surface area contributed by atoms with Crippen molar-refractivity contribution in [3.8, 4) is 5.88 Å². The van der Waals surface area contributed by atoms with Gasteiger partial charge >= 0.3 is 0 Å². The molecule has 1 aliphatic heterocycles. The van der Waals surface area contributed by atoms with E-state index in [-0.39, 0.29) is 5.91 Å². The highest BCUT2D eigenvalue weighted by Crippen LogP contribution is 2.17. The van der Waals surface area contributed by atoms with Gasteiger partial charge in [0.25, 0.3) is 5.91 Å². The van der Waals surface area contributed by atoms with Gasteiger partial charge in [-0.2, -0.15) is 0 Å². The Hall–Kier alpha value is -2.15. The Labute approximate surface area is 127 Å². The van der Waals surface area contributed by atoms with Crippen LogP contribution in [-0.2, 0) is 0 Å². The molecule has 6 nitrogen and oxygen atoms in total. The summed E-state index contributed by atoms with van der Waals surface area (Å²) in [6.07, 6.45) is 0. The van der Waals surface area contributed by atoms with Gasteiger partial charge in [-0.25, -0.2) is 0 Å². The molecular formula is C14H16N4O2S. The Morgan fingerprint density at radius 1 is 1.19 bits per heavy atom. The fourth-order valence-corrected chi connectivity index (χ4v) is 2.98. The predicted octanol–water partition coefficient (Wildman–Crippen LogP) is 1.51. The van der Waals surface area contributed by atoms with Crippen LogP contribution in [0.3, 0.4) is 0 Å². The summed E-state index contributed by atoms with van der Waals surface area (Å²) >= 11 is 1.48. The van der Waals surface area contributed by atoms with Crippen LogP contribution in [0.25, 0.3) is 0 Å². The van der Waals surface area contributed by atoms with Crippen molar-refractivity contribution in [1.82, 2.24) is 15.1 Å². The van der Waals surface area contributed by atoms with Crippen molar-refractivity contribution >= 4 is 23.1 Å². The largest absolute Gasteiger partial charge is 0.480 e. The lowest BCUT2D eigenvalue weighted by molar-refractivity contribution is 0.0751. The minimum Gasteiger partial charge on any atom is -0.480 e. The lowest BCUT2D eigenvalue weighted by Gasteiger charge is -2.34. The number of thiophene rings is 1. The van der Waals surface area contributed by atoms with E-state index >= 15 is 0 Å². The zero-order chi connectivity index (χ0) is 14.7. The van der Waals surface area contributed by atoms with Crippen LogP contribution in [0.4, 0.5) is 5.82 Å². The number of hydrogen-bond donors (Lipinski definition) is 0. The molecule has 1 saturated heterocycles. The third-order valence-corrected chi connectivity index (χ3v) is 4.32. The van der Waals surface area contributed by atoms with Gasteiger partial charge in [0.2, 0.25) is 5.88 Å². The summed E-state index contributed by atoms with van der Waals surface area (Å²) in [6, 6.07) is 7.46. The van der Waals surface area contributed by atoms with E-state index < -0.39 is 0 Å². The number of rotatable bonds is 3. The maximum Gasteiger partial charge on any atom is 0.264 e. The molecule has 7 heteroatoms. The first kappa shape index (κ1) is 13.8. The van der Waals surface area contributed by atoms with Gasteiger partial charge in [0.1, 0.15) is 0 Å². The van der Waals surface area contributed by atoms with Crippen LogP contribution in [-0.4, -0.2) is 54.3 Å². The van der Waals surface area contributed by atoms with Crippen molar-refractivity contribution in [2.24, 2.45) is 0 Å². The van der Waals surface area contributed by atoms with Gasteiger partial charge in [-0.05, 0) is 17.5 Å². The molecule has 0 aromatic carbocycles. The normalized spacial score (nSPS) is 15.1. The van der Waals surface area contributed by atoms with Crippen LogP contribution in [0.1, 0.15) is 9.67 Å². The van der Waals surface area contributed by atoms with Crippen LogP contribution in [0.2, 0.25) is 0 Å². The number of aromatic nitrogens is 2. The van der Waals surface area contributed by atoms with Gasteiger partial charge in [0.05, 0.1) is 12.0 Å². The minimum absolute atomic E-state index is 0.116. The molecular weight excluding hydrogens is 288 g/mol. The summed E-state index contributed by atoms with van der Waals surface area (Å²) in [5, 5.41) is 10.0. The van der Waals surface area contributed by atoms with E-state index in [0.29, 0.717) is 19.0 Å². The summed E-state index contributed by atoms with van der Waals surface area (Å²) in [6.45, 7) is 2.92. The van der Waals surface area contributed by atoms with Crippen molar-refractivity contribution < 1.29 is 9.53 Å². The summed E-state index contributed by atoms with van der Waals surface area (Å²) in [5.74, 6) is 1.44. The third-order valence-electron chi connectivity index (χ3n) is 3.46. The second kappa shape index (κ2) is 6.09. The second-order valence-electron chi connectivity index (χ2n) is 4.69. The molecule has 2 aromatic heterocycles. The first-order chi connectivity index (χ1) is 10.3. The molecule has 0 radical (unpaired) electrons. The van der Waals surface area contributed by atoms with Crippen LogP contribution in [0, 0.1) is 0 Å². The van der Waals surface area contributed by atoms with E-state index in [1.165, 1.54) is 11.3 Å². The Morgan fingerprint density at radius 3 is 2.57 bits per heavy atom. The first-order valence-corrected chi connectivity index (χ1v) is 7.61. The molecule has 21 heavy (non-hydrogen) atoms. The molecule has 2 aromatic rings. The topological polar surface area (TPSA) is 58.6 Å². The molecule has 0 spiro atoms. The summed E-state index contributed by atoms with van der Waals surface area (Å²) in [5.41, 5.74) is 0. The van der Waals surface area contributed by atoms with Gasteiger partial charge in [-0.1, -0.05) is 6.07 Å². The van der Waals surface area contributed by atoms with Crippen molar-refractivity contribution in [3.63, 3.8) is 0 Å². The maximum atomic E-state index is 12.3. The zero-order valence-electron chi connectivity index (χ0n) is 11.7. The molecule has 0 saturated carbocycles. The number of nitrogens with zero attached hydrogens (tertiary/aromatic N) is 4. The lowest BCUT2D eigenvalue weighted by Crippen LogP contribution is -2.48. The quantitative estimate of drug-likeness (QED) is 0.860. The molecule has 3 heterocycles. The molecule has 0 aliphatic carbocycles. The lowest BCUT2D eigenvalue weighted by atomic mass is 10.3. The molecule has 0 N–H and O–H groups in total. The van der Waals surface area contributed by atoms with Crippen LogP contribution >= 0.6 is 11.3 Å². The Kier molecular flexibility index (Phi) is 4.01. The summed E-state index contributed by atoms with van der Waals surface area (Å²) in [7, 11) is 1.57. The van der Waals surface area contributed by atoms with Crippen molar-refractivity contribution in [1.29, 1.82) is 0 Å². The fraction of sp³-hybridized carbons (Fsp3) is 0.357. The van der Waals surface area contributed by atoms with Crippen molar-refractivity contribution in [2.45, 2.75) is 0 Å². The fourth-order valence-electron chi connectivity index (χ4n) is 2.29. The van der Waals surface area contributed by atoms with E-state index in [9.17, 15) is 4.79 Å². The molecule has 0 bridgehead atoms. The summed E-state index contributed by atoms with van der Waals surface area (Å²) in [4.78, 5) is 17.1. The molecule has 3 rings (SSSR count). The predicted molar refractivity (Wildman–Crippen MR) is 81.0 cm³/mol. The Morgan fingerprint density at radius 2 is 2.00 bits per heavy atom. The van der Waals surface area contributed by atoms with Gasteiger partial charge in [-0.3, -0.25) is 4.79 Å². The number of carbonyl (C=O) groups excluding carboxylic acids is 1. The number of piperazine rings is 1. The van der Waals surface area contributed by atoms with Gasteiger partial charge in [0.15, 0.2) is 5.82 Å². The highest BCUT2D eigenvalue weighted by molar-refractivity contribution is 7.12. The molecule has 1 fully saturated rings. The van der Waals surface area contributed by atoms with Gasteiger partial charge in [-0.15, -0.1) is 21.5 Å². The van der Waals surface area contributed by atoms with E-state index in [1.54, 1.807) is 13.2 Å². The summed E-state index contributed by atoms with van der Waals surface area (Å²) < 4.78 is 5.00. The van der Waals surface area contributed by atoms with Crippen LogP contribution < -0.4 is 9.64 Å². The van der Waals surface area contributed by atoms with Crippen molar-refractivity contribution in [2.75, 3.05) is 38.2 Å². The SMILES string of the molecule is COc1ccc(N2CCN(C(=O)c3cccs3)CC2)nn1. The monoisotopic (exact) mass is 304 g/mol. The highest BCUT2D eigenvalue weighted by Gasteiger charge is 2.23. The number of anilines is 1. The molecule has 0 unspecified atom stereocenters. The number of amides is 1. The van der Waals surface area contributed by atoms with Gasteiger partial charge < -0.3 is 14.5 Å². The van der Waals surface area contributed by atoms with Gasteiger partial charge in [0, 0.05) is 32.2 Å². The number of carbonyl (C=O) groups is 1. The smallest absolute Gasteiger partial charge is 0.264 e. The van der Waals surface area contributed by atoms with E-state index in [1.807, 2.05) is 28.5 Å². The minimum atomic E-state index is 0.116. The Bertz CT molecular complexity index is 592. The van der Waals surface area contributed by atoms with E-state index in [4.69, 9.17) is 4.74 Å². The highest BCUT2D eigenvalue weighted by atomic mass is 32.1. The van der Waals surface area contributed by atoms with Crippen LogP contribution in [0.5, 0.6) is 5.88 Å². The van der Waals surface area contributed by atoms with E-state index in [0.717, 1.165) is 23.8 Å².